The zero-order chi connectivity index (χ0) is 18.4. The summed E-state index contributed by atoms with van der Waals surface area (Å²) in [5.74, 6) is 1.20. The predicted molar refractivity (Wildman–Crippen MR) is 101 cm³/mol. The molecule has 0 bridgehead atoms. The summed E-state index contributed by atoms with van der Waals surface area (Å²) in [5, 5.41) is 20.4. The van der Waals surface area contributed by atoms with Crippen LogP contribution in [0.1, 0.15) is 65.4 Å². The van der Waals surface area contributed by atoms with Gasteiger partial charge < -0.3 is 14.9 Å². The first-order chi connectivity index (χ1) is 11.7. The number of phenolic OH excluding ortho intramolecular Hbond substituents is 2. The number of benzene rings is 1. The Labute approximate surface area is 151 Å². The van der Waals surface area contributed by atoms with E-state index < -0.39 is 0 Å². The van der Waals surface area contributed by atoms with E-state index in [2.05, 4.69) is 27.7 Å². The maximum Gasteiger partial charge on any atom is 0.164 e. The lowest BCUT2D eigenvalue weighted by Gasteiger charge is -2.55. The van der Waals surface area contributed by atoms with E-state index in [0.29, 0.717) is 29.1 Å². The van der Waals surface area contributed by atoms with E-state index in [0.717, 1.165) is 6.42 Å². The highest BCUT2D eigenvalue weighted by atomic mass is 16.5. The lowest BCUT2D eigenvalue weighted by atomic mass is 9.50. The lowest BCUT2D eigenvalue weighted by Crippen LogP contribution is -2.45. The molecule has 138 valence electrons. The van der Waals surface area contributed by atoms with Gasteiger partial charge in [0.2, 0.25) is 0 Å². The Morgan fingerprint density at radius 2 is 1.88 bits per heavy atom. The van der Waals surface area contributed by atoms with Crippen LogP contribution in [0, 0.1) is 16.7 Å². The molecule has 1 aromatic rings. The van der Waals surface area contributed by atoms with E-state index in [1.165, 1.54) is 42.9 Å². The quantitative estimate of drug-likeness (QED) is 0.555. The molecule has 3 heteroatoms. The van der Waals surface area contributed by atoms with Crippen molar-refractivity contribution in [1.29, 1.82) is 0 Å². The van der Waals surface area contributed by atoms with E-state index in [9.17, 15) is 10.2 Å². The highest BCUT2D eigenvalue weighted by molar-refractivity contribution is 5.54. The summed E-state index contributed by atoms with van der Waals surface area (Å²) in [6, 6.07) is 3.24. The average molecular weight is 344 g/mol. The average Bonchev–Trinajstić information content (AvgIpc) is 2.54. The third kappa shape index (κ3) is 2.92. The van der Waals surface area contributed by atoms with Gasteiger partial charge in [0.05, 0.1) is 7.11 Å². The summed E-state index contributed by atoms with van der Waals surface area (Å²) in [6.45, 7) is 9.49. The number of aromatic hydroxyl groups is 2. The highest BCUT2D eigenvalue weighted by Gasteiger charge is 2.50. The molecule has 0 aliphatic heterocycles. The van der Waals surface area contributed by atoms with Crippen LogP contribution < -0.4 is 4.74 Å². The van der Waals surface area contributed by atoms with Gasteiger partial charge in [-0.3, -0.25) is 0 Å². The topological polar surface area (TPSA) is 49.7 Å². The standard InChI is InChI=1S/C22H32O3/c1-14-7-10-19-21(2,3)11-6-12-22(19,4)16(14)13-15-18(25-5)9-8-17(23)20(15)24/h8-9,19,23-24H,6-7,10-13H2,1-5H3/t19-,22+/m1/s1. The van der Waals surface area contributed by atoms with Crippen molar-refractivity contribution in [2.45, 2.75) is 66.2 Å². The molecule has 1 saturated carbocycles. The zero-order valence-corrected chi connectivity index (χ0v) is 16.3. The Balaban J connectivity index is 2.06. The molecule has 2 aliphatic carbocycles. The molecule has 2 atom stereocenters. The molecule has 3 rings (SSSR count). The molecule has 1 fully saturated rings. The van der Waals surface area contributed by atoms with Crippen LogP contribution in [0.2, 0.25) is 0 Å². The minimum Gasteiger partial charge on any atom is -0.504 e. The summed E-state index contributed by atoms with van der Waals surface area (Å²) in [6.07, 6.45) is 6.77. The van der Waals surface area contributed by atoms with Crippen molar-refractivity contribution in [2.75, 3.05) is 7.11 Å². The van der Waals surface area contributed by atoms with Crippen molar-refractivity contribution in [3.8, 4) is 17.2 Å². The minimum absolute atomic E-state index is 0.0413. The molecule has 2 aliphatic rings. The van der Waals surface area contributed by atoms with E-state index >= 15 is 0 Å². The van der Waals surface area contributed by atoms with Gasteiger partial charge in [0.15, 0.2) is 11.5 Å². The Bertz CT molecular complexity index is 701. The first-order valence-electron chi connectivity index (χ1n) is 9.47. The molecule has 3 nitrogen and oxygen atoms in total. The third-order valence-electron chi connectivity index (χ3n) is 7.03. The fourth-order valence-corrected chi connectivity index (χ4v) is 5.69. The van der Waals surface area contributed by atoms with Crippen LogP contribution >= 0.6 is 0 Å². The van der Waals surface area contributed by atoms with E-state index in [-0.39, 0.29) is 16.9 Å². The number of allylic oxidation sites excluding steroid dienone is 2. The number of hydrogen-bond acceptors (Lipinski definition) is 3. The zero-order valence-electron chi connectivity index (χ0n) is 16.3. The van der Waals surface area contributed by atoms with Gasteiger partial charge in [-0.2, -0.15) is 0 Å². The van der Waals surface area contributed by atoms with E-state index in [1.807, 2.05) is 0 Å². The summed E-state index contributed by atoms with van der Waals surface area (Å²) >= 11 is 0. The summed E-state index contributed by atoms with van der Waals surface area (Å²) in [4.78, 5) is 0. The Morgan fingerprint density at radius 3 is 2.56 bits per heavy atom. The molecule has 0 heterocycles. The molecule has 1 aromatic carbocycles. The van der Waals surface area contributed by atoms with Gasteiger partial charge in [-0.25, -0.2) is 0 Å². The second-order valence-electron chi connectivity index (χ2n) is 8.90. The van der Waals surface area contributed by atoms with Gasteiger partial charge in [-0.15, -0.1) is 0 Å². The first-order valence-corrected chi connectivity index (χ1v) is 9.47. The van der Waals surface area contributed by atoms with Crippen molar-refractivity contribution in [3.05, 3.63) is 28.8 Å². The predicted octanol–water partition coefficient (Wildman–Crippen LogP) is 5.59. The van der Waals surface area contributed by atoms with Crippen molar-refractivity contribution >= 4 is 0 Å². The molecule has 0 radical (unpaired) electrons. The van der Waals surface area contributed by atoms with E-state index in [1.54, 1.807) is 13.2 Å². The van der Waals surface area contributed by atoms with Crippen LogP contribution in [-0.4, -0.2) is 17.3 Å². The number of rotatable bonds is 3. The SMILES string of the molecule is COc1ccc(O)c(O)c1CC1=C(C)CC[C@@H]2C(C)(C)CCC[C@@]12C. The van der Waals surface area contributed by atoms with Crippen LogP contribution in [0.4, 0.5) is 0 Å². The number of hydrogen-bond donors (Lipinski definition) is 2. The summed E-state index contributed by atoms with van der Waals surface area (Å²) in [5.41, 5.74) is 4.11. The number of phenols is 2. The monoisotopic (exact) mass is 344 g/mol. The van der Waals surface area contributed by atoms with E-state index in [4.69, 9.17) is 4.74 Å². The number of ether oxygens (including phenoxy) is 1. The fourth-order valence-electron chi connectivity index (χ4n) is 5.69. The van der Waals surface area contributed by atoms with Crippen LogP contribution in [0.5, 0.6) is 17.2 Å². The Morgan fingerprint density at radius 1 is 1.16 bits per heavy atom. The van der Waals surface area contributed by atoms with Gasteiger partial charge >= 0.3 is 0 Å². The molecule has 0 unspecified atom stereocenters. The van der Waals surface area contributed by atoms with Crippen molar-refractivity contribution in [1.82, 2.24) is 0 Å². The molecular formula is C22H32O3. The second-order valence-corrected chi connectivity index (χ2v) is 8.90. The first kappa shape index (κ1) is 18.2. The second kappa shape index (κ2) is 6.26. The molecular weight excluding hydrogens is 312 g/mol. The number of methoxy groups -OCH3 is 1. The normalized spacial score (nSPS) is 28.6. The third-order valence-corrected chi connectivity index (χ3v) is 7.03. The molecule has 0 amide bonds. The molecule has 0 saturated heterocycles. The van der Waals surface area contributed by atoms with Crippen LogP contribution in [0.15, 0.2) is 23.3 Å². The maximum absolute atomic E-state index is 10.5. The van der Waals surface area contributed by atoms with Gasteiger partial charge in [0.1, 0.15) is 5.75 Å². The van der Waals surface area contributed by atoms with Gasteiger partial charge in [0.25, 0.3) is 0 Å². The van der Waals surface area contributed by atoms with Crippen LogP contribution in [0.3, 0.4) is 0 Å². The fraction of sp³-hybridized carbons (Fsp3) is 0.636. The van der Waals surface area contributed by atoms with Crippen LogP contribution in [-0.2, 0) is 6.42 Å². The smallest absolute Gasteiger partial charge is 0.164 e. The summed E-state index contributed by atoms with van der Waals surface area (Å²) < 4.78 is 5.47. The molecule has 0 aromatic heterocycles. The van der Waals surface area contributed by atoms with Gasteiger partial charge in [0, 0.05) is 12.0 Å². The van der Waals surface area contributed by atoms with Crippen molar-refractivity contribution < 1.29 is 14.9 Å². The maximum atomic E-state index is 10.5. The van der Waals surface area contributed by atoms with Gasteiger partial charge in [-0.05, 0) is 61.5 Å². The van der Waals surface area contributed by atoms with Crippen molar-refractivity contribution in [2.24, 2.45) is 16.7 Å². The molecule has 2 N–H and O–H groups in total. The lowest BCUT2D eigenvalue weighted by molar-refractivity contribution is 0.0111. The minimum atomic E-state index is -0.0736. The van der Waals surface area contributed by atoms with Crippen LogP contribution in [0.25, 0.3) is 0 Å². The summed E-state index contributed by atoms with van der Waals surface area (Å²) in [7, 11) is 1.62. The van der Waals surface area contributed by atoms with Crippen molar-refractivity contribution in [3.63, 3.8) is 0 Å². The molecule has 25 heavy (non-hydrogen) atoms. The largest absolute Gasteiger partial charge is 0.504 e. The number of fused-ring (bicyclic) bond motifs is 1. The Hall–Kier alpha value is -1.64. The highest BCUT2D eigenvalue weighted by Crippen LogP contribution is 2.60. The van der Waals surface area contributed by atoms with Gasteiger partial charge in [-0.1, -0.05) is 38.3 Å². The molecule has 0 spiro atoms. The Kier molecular flexibility index (Phi) is 4.55.